The Labute approximate surface area is 154 Å². The van der Waals surface area contributed by atoms with Gasteiger partial charge in [-0.15, -0.1) is 0 Å². The highest BCUT2D eigenvalue weighted by molar-refractivity contribution is 7.89. The number of sulfonamides is 1. The standard InChI is InChI=1S/C18H24N4O3S/c1-21(12-15-11-19-22(2)13-15)18(23)10-5-14-3-8-17(9-4-14)26(24,25)20-16-6-7-16/h3-4,8-9,11,13,16,20H,5-7,10,12H2,1-2H3. The molecule has 26 heavy (non-hydrogen) atoms. The van der Waals surface area contributed by atoms with Gasteiger partial charge in [-0.1, -0.05) is 12.1 Å². The van der Waals surface area contributed by atoms with E-state index in [4.69, 9.17) is 0 Å². The van der Waals surface area contributed by atoms with Gasteiger partial charge in [-0.2, -0.15) is 5.10 Å². The molecule has 1 fully saturated rings. The van der Waals surface area contributed by atoms with Gasteiger partial charge in [-0.25, -0.2) is 13.1 Å². The van der Waals surface area contributed by atoms with Gasteiger partial charge in [0.25, 0.3) is 0 Å². The van der Waals surface area contributed by atoms with Crippen LogP contribution in [0.4, 0.5) is 0 Å². The normalized spacial score (nSPS) is 14.4. The number of rotatable bonds is 8. The van der Waals surface area contributed by atoms with Gasteiger partial charge in [0, 0.05) is 44.9 Å². The van der Waals surface area contributed by atoms with Crippen molar-refractivity contribution < 1.29 is 13.2 Å². The summed E-state index contributed by atoms with van der Waals surface area (Å²) in [6.07, 6.45) is 6.41. The molecule has 0 bridgehead atoms. The first-order valence-corrected chi connectivity index (χ1v) is 10.1. The average molecular weight is 376 g/mol. The molecule has 1 aliphatic rings. The molecule has 2 aromatic rings. The molecule has 3 rings (SSSR count). The second kappa shape index (κ2) is 7.59. The van der Waals surface area contributed by atoms with Crippen LogP contribution in [0.1, 0.15) is 30.4 Å². The molecule has 0 aliphatic heterocycles. The molecule has 0 atom stereocenters. The van der Waals surface area contributed by atoms with Crippen molar-refractivity contribution >= 4 is 15.9 Å². The van der Waals surface area contributed by atoms with Crippen molar-refractivity contribution in [1.82, 2.24) is 19.4 Å². The lowest BCUT2D eigenvalue weighted by atomic mass is 10.1. The maximum Gasteiger partial charge on any atom is 0.240 e. The molecule has 7 nitrogen and oxygen atoms in total. The van der Waals surface area contributed by atoms with Crippen molar-refractivity contribution in [2.75, 3.05) is 7.05 Å². The minimum Gasteiger partial charge on any atom is -0.341 e. The van der Waals surface area contributed by atoms with Gasteiger partial charge in [0.1, 0.15) is 0 Å². The lowest BCUT2D eigenvalue weighted by Crippen LogP contribution is -2.26. The summed E-state index contributed by atoms with van der Waals surface area (Å²) in [5.74, 6) is 0.0425. The molecule has 1 amide bonds. The first kappa shape index (κ1) is 18.6. The second-order valence-electron chi connectivity index (χ2n) is 6.81. The quantitative estimate of drug-likeness (QED) is 0.756. The maximum atomic E-state index is 12.3. The van der Waals surface area contributed by atoms with Gasteiger partial charge in [0.05, 0.1) is 11.1 Å². The molecule has 1 heterocycles. The third-order valence-electron chi connectivity index (χ3n) is 4.36. The number of amides is 1. The highest BCUT2D eigenvalue weighted by Gasteiger charge is 2.27. The summed E-state index contributed by atoms with van der Waals surface area (Å²) in [5.41, 5.74) is 1.93. The molecule has 1 N–H and O–H groups in total. The largest absolute Gasteiger partial charge is 0.341 e. The molecule has 0 saturated heterocycles. The zero-order valence-corrected chi connectivity index (χ0v) is 15.9. The van der Waals surface area contributed by atoms with Crippen molar-refractivity contribution in [1.29, 1.82) is 0 Å². The third-order valence-corrected chi connectivity index (χ3v) is 5.90. The predicted octanol–water partition coefficient (Wildman–Crippen LogP) is 1.45. The topological polar surface area (TPSA) is 84.3 Å². The van der Waals surface area contributed by atoms with Crippen LogP contribution >= 0.6 is 0 Å². The maximum absolute atomic E-state index is 12.3. The molecule has 1 aromatic heterocycles. The van der Waals surface area contributed by atoms with Crippen LogP contribution < -0.4 is 4.72 Å². The van der Waals surface area contributed by atoms with E-state index in [-0.39, 0.29) is 16.8 Å². The van der Waals surface area contributed by atoms with Crippen molar-refractivity contribution in [2.45, 2.75) is 43.2 Å². The van der Waals surface area contributed by atoms with E-state index in [0.717, 1.165) is 24.0 Å². The Hall–Kier alpha value is -2.19. The minimum absolute atomic E-state index is 0.0425. The van der Waals surface area contributed by atoms with Gasteiger partial charge in [-0.05, 0) is 37.0 Å². The number of hydrogen-bond acceptors (Lipinski definition) is 4. The Morgan fingerprint density at radius 2 is 1.96 bits per heavy atom. The molecule has 1 saturated carbocycles. The number of carbonyl (C=O) groups excluding carboxylic acids is 1. The first-order chi connectivity index (χ1) is 12.3. The van der Waals surface area contributed by atoms with Gasteiger partial charge in [-0.3, -0.25) is 9.48 Å². The smallest absolute Gasteiger partial charge is 0.240 e. The minimum atomic E-state index is -3.42. The van der Waals surface area contributed by atoms with Gasteiger partial charge in [0.15, 0.2) is 0 Å². The average Bonchev–Trinajstić information content (AvgIpc) is 3.31. The summed E-state index contributed by atoms with van der Waals surface area (Å²) in [6, 6.07) is 6.84. The molecular weight excluding hydrogens is 352 g/mol. The number of aryl methyl sites for hydroxylation is 2. The van der Waals surface area contributed by atoms with E-state index in [1.807, 2.05) is 13.2 Å². The zero-order chi connectivity index (χ0) is 18.7. The fourth-order valence-electron chi connectivity index (χ4n) is 2.68. The molecular formula is C18H24N4O3S. The molecule has 140 valence electrons. The Bertz CT molecular complexity index is 870. The van der Waals surface area contributed by atoms with Crippen molar-refractivity contribution in [3.05, 3.63) is 47.8 Å². The lowest BCUT2D eigenvalue weighted by molar-refractivity contribution is -0.130. The molecule has 1 aromatic carbocycles. The fourth-order valence-corrected chi connectivity index (χ4v) is 3.99. The summed E-state index contributed by atoms with van der Waals surface area (Å²) in [4.78, 5) is 14.2. The Kier molecular flexibility index (Phi) is 5.43. The molecule has 1 aliphatic carbocycles. The molecule has 8 heteroatoms. The number of hydrogen-bond donors (Lipinski definition) is 1. The zero-order valence-electron chi connectivity index (χ0n) is 15.1. The van der Waals surface area contributed by atoms with Crippen LogP contribution in [0.5, 0.6) is 0 Å². The van der Waals surface area contributed by atoms with E-state index in [0.29, 0.717) is 19.4 Å². The van der Waals surface area contributed by atoms with Crippen LogP contribution in [0.15, 0.2) is 41.6 Å². The summed E-state index contributed by atoms with van der Waals surface area (Å²) in [7, 11) is 0.191. The van der Waals surface area contributed by atoms with Crippen LogP contribution in [-0.4, -0.2) is 42.1 Å². The van der Waals surface area contributed by atoms with Crippen LogP contribution in [-0.2, 0) is 34.8 Å². The molecule has 0 unspecified atom stereocenters. The second-order valence-corrected chi connectivity index (χ2v) is 8.53. The van der Waals surface area contributed by atoms with Crippen LogP contribution in [0.3, 0.4) is 0 Å². The van der Waals surface area contributed by atoms with E-state index in [2.05, 4.69) is 9.82 Å². The predicted molar refractivity (Wildman–Crippen MR) is 97.8 cm³/mol. The third kappa shape index (κ3) is 4.92. The lowest BCUT2D eigenvalue weighted by Gasteiger charge is -2.16. The number of aromatic nitrogens is 2. The first-order valence-electron chi connectivity index (χ1n) is 8.66. The summed E-state index contributed by atoms with van der Waals surface area (Å²) >= 11 is 0. The molecule has 0 radical (unpaired) electrons. The van der Waals surface area contributed by atoms with Crippen LogP contribution in [0, 0.1) is 0 Å². The van der Waals surface area contributed by atoms with Crippen molar-refractivity contribution in [2.24, 2.45) is 7.05 Å². The SMILES string of the molecule is CN(Cc1cnn(C)c1)C(=O)CCc1ccc(S(=O)(=O)NC2CC2)cc1. The van der Waals surface area contributed by atoms with E-state index in [1.165, 1.54) is 0 Å². The summed E-state index contributed by atoms with van der Waals surface area (Å²) < 4.78 is 28.7. The van der Waals surface area contributed by atoms with Crippen LogP contribution in [0.2, 0.25) is 0 Å². The number of nitrogens with one attached hydrogen (secondary N) is 1. The van der Waals surface area contributed by atoms with E-state index in [1.54, 1.807) is 47.1 Å². The highest BCUT2D eigenvalue weighted by Crippen LogP contribution is 2.22. The van der Waals surface area contributed by atoms with E-state index in [9.17, 15) is 13.2 Å². The highest BCUT2D eigenvalue weighted by atomic mass is 32.2. The number of benzene rings is 1. The number of carbonyl (C=O) groups is 1. The van der Waals surface area contributed by atoms with Crippen molar-refractivity contribution in [3.63, 3.8) is 0 Å². The Morgan fingerprint density at radius 1 is 1.27 bits per heavy atom. The Balaban J connectivity index is 1.51. The Morgan fingerprint density at radius 3 is 2.54 bits per heavy atom. The monoisotopic (exact) mass is 376 g/mol. The molecule has 0 spiro atoms. The van der Waals surface area contributed by atoms with E-state index < -0.39 is 10.0 Å². The van der Waals surface area contributed by atoms with Gasteiger partial charge >= 0.3 is 0 Å². The van der Waals surface area contributed by atoms with E-state index >= 15 is 0 Å². The van der Waals surface area contributed by atoms with Crippen molar-refractivity contribution in [3.8, 4) is 0 Å². The fraction of sp³-hybridized carbons (Fsp3) is 0.444. The van der Waals surface area contributed by atoms with Crippen LogP contribution in [0.25, 0.3) is 0 Å². The summed E-state index contributed by atoms with van der Waals surface area (Å²) in [5, 5.41) is 4.10. The van der Waals surface area contributed by atoms with Gasteiger partial charge < -0.3 is 4.90 Å². The summed E-state index contributed by atoms with van der Waals surface area (Å²) in [6.45, 7) is 0.524. The number of nitrogens with zero attached hydrogens (tertiary/aromatic N) is 3. The van der Waals surface area contributed by atoms with Gasteiger partial charge in [0.2, 0.25) is 15.9 Å².